The number of alkyl halides is 1. The van der Waals surface area contributed by atoms with Gasteiger partial charge in [-0.15, -0.1) is 0 Å². The highest BCUT2D eigenvalue weighted by atomic mass is 127. The van der Waals surface area contributed by atoms with Gasteiger partial charge in [-0.25, -0.2) is 0 Å². The van der Waals surface area contributed by atoms with Crippen molar-refractivity contribution in [1.29, 1.82) is 0 Å². The fraction of sp³-hybridized carbons (Fsp3) is 1.00. The molecule has 0 aromatic heterocycles. The van der Waals surface area contributed by atoms with E-state index in [2.05, 4.69) is 27.5 Å². The maximum atomic E-state index is 5.51. The third-order valence-electron chi connectivity index (χ3n) is 2.97. The standard InChI is InChI=1S/C16H34INO4/c1-18(2)8-10-20-12-14-22-16-15-21-13-11-19-9-6-4-3-5-7-17/h3-16H2,1-2H3. The Bertz CT molecular complexity index is 209. The number of hydrogen-bond donors (Lipinski definition) is 0. The first-order chi connectivity index (χ1) is 10.8. The number of rotatable bonds is 18. The quantitative estimate of drug-likeness (QED) is 0.190. The van der Waals surface area contributed by atoms with Crippen molar-refractivity contribution in [2.45, 2.75) is 25.7 Å². The fourth-order valence-electron chi connectivity index (χ4n) is 1.66. The van der Waals surface area contributed by atoms with Crippen LogP contribution in [0.5, 0.6) is 0 Å². The minimum Gasteiger partial charge on any atom is -0.379 e. The zero-order chi connectivity index (χ0) is 16.3. The van der Waals surface area contributed by atoms with Crippen molar-refractivity contribution in [3.63, 3.8) is 0 Å². The lowest BCUT2D eigenvalue weighted by atomic mass is 10.2. The Hall–Kier alpha value is 0.530. The molecule has 0 amide bonds. The van der Waals surface area contributed by atoms with Gasteiger partial charge in [0.05, 0.1) is 46.2 Å². The summed E-state index contributed by atoms with van der Waals surface area (Å²) in [5.41, 5.74) is 0. The summed E-state index contributed by atoms with van der Waals surface area (Å²) in [7, 11) is 4.07. The van der Waals surface area contributed by atoms with Crippen LogP contribution in [-0.4, -0.2) is 82.8 Å². The molecule has 0 N–H and O–H groups in total. The highest BCUT2D eigenvalue weighted by Crippen LogP contribution is 2.02. The minimum absolute atomic E-state index is 0.618. The van der Waals surface area contributed by atoms with Gasteiger partial charge in [0.25, 0.3) is 0 Å². The summed E-state index contributed by atoms with van der Waals surface area (Å²) >= 11 is 2.42. The zero-order valence-corrected chi connectivity index (χ0v) is 16.5. The van der Waals surface area contributed by atoms with Gasteiger partial charge in [0.15, 0.2) is 0 Å². The molecule has 0 aliphatic heterocycles. The van der Waals surface area contributed by atoms with Crippen molar-refractivity contribution < 1.29 is 18.9 Å². The Morgan fingerprint density at radius 2 is 1.05 bits per heavy atom. The predicted octanol–water partition coefficient (Wildman–Crippen LogP) is 2.61. The molecule has 5 nitrogen and oxygen atoms in total. The van der Waals surface area contributed by atoms with E-state index < -0.39 is 0 Å². The molecule has 6 heteroatoms. The lowest BCUT2D eigenvalue weighted by Gasteiger charge is -2.10. The van der Waals surface area contributed by atoms with Crippen LogP contribution in [0.1, 0.15) is 25.7 Å². The van der Waals surface area contributed by atoms with Crippen LogP contribution in [0.15, 0.2) is 0 Å². The van der Waals surface area contributed by atoms with E-state index in [9.17, 15) is 0 Å². The van der Waals surface area contributed by atoms with Crippen LogP contribution in [0.3, 0.4) is 0 Å². The van der Waals surface area contributed by atoms with E-state index in [0.717, 1.165) is 26.2 Å². The van der Waals surface area contributed by atoms with Gasteiger partial charge in [0.2, 0.25) is 0 Å². The van der Waals surface area contributed by atoms with Crippen molar-refractivity contribution in [1.82, 2.24) is 4.90 Å². The Morgan fingerprint density at radius 3 is 1.55 bits per heavy atom. The summed E-state index contributed by atoms with van der Waals surface area (Å²) in [4.78, 5) is 2.10. The highest BCUT2D eigenvalue weighted by molar-refractivity contribution is 14.1. The molecule has 0 aromatic rings. The first-order valence-corrected chi connectivity index (χ1v) is 9.81. The molecule has 0 fully saturated rings. The number of nitrogens with zero attached hydrogens (tertiary/aromatic N) is 1. The van der Waals surface area contributed by atoms with Crippen molar-refractivity contribution in [3.05, 3.63) is 0 Å². The van der Waals surface area contributed by atoms with Gasteiger partial charge in [-0.2, -0.15) is 0 Å². The normalized spacial score (nSPS) is 11.5. The van der Waals surface area contributed by atoms with Crippen LogP contribution < -0.4 is 0 Å². The van der Waals surface area contributed by atoms with Crippen LogP contribution in [0.25, 0.3) is 0 Å². The van der Waals surface area contributed by atoms with Crippen LogP contribution in [-0.2, 0) is 18.9 Å². The van der Waals surface area contributed by atoms with Gasteiger partial charge in [0, 0.05) is 13.2 Å². The molecule has 0 rings (SSSR count). The molecule has 0 unspecified atom stereocenters. The molecule has 22 heavy (non-hydrogen) atoms. The van der Waals surface area contributed by atoms with E-state index in [1.54, 1.807) is 0 Å². The maximum Gasteiger partial charge on any atom is 0.0701 e. The summed E-state index contributed by atoms with van der Waals surface area (Å²) in [5, 5.41) is 0. The number of likely N-dealkylation sites (N-methyl/N-ethyl adjacent to an activating group) is 1. The third-order valence-corrected chi connectivity index (χ3v) is 3.73. The first-order valence-electron chi connectivity index (χ1n) is 8.29. The van der Waals surface area contributed by atoms with Crippen LogP contribution in [0.2, 0.25) is 0 Å². The van der Waals surface area contributed by atoms with Gasteiger partial charge in [-0.1, -0.05) is 35.4 Å². The molecule has 134 valence electrons. The highest BCUT2D eigenvalue weighted by Gasteiger charge is 1.94. The molecular weight excluding hydrogens is 397 g/mol. The van der Waals surface area contributed by atoms with E-state index in [1.807, 2.05) is 14.1 Å². The number of halogens is 1. The molecule has 0 bridgehead atoms. The second-order valence-corrected chi connectivity index (χ2v) is 6.43. The molecule has 0 heterocycles. The molecule has 0 radical (unpaired) electrons. The van der Waals surface area contributed by atoms with Gasteiger partial charge < -0.3 is 23.8 Å². The minimum atomic E-state index is 0.618. The Labute approximate surface area is 150 Å². The molecular formula is C16H34INO4. The summed E-state index contributed by atoms with van der Waals surface area (Å²) in [6, 6.07) is 0. The van der Waals surface area contributed by atoms with Gasteiger partial charge in [-0.3, -0.25) is 0 Å². The SMILES string of the molecule is CN(C)CCOCCOCCOCCOCCCCCCI. The molecule has 0 aliphatic rings. The van der Waals surface area contributed by atoms with Crippen molar-refractivity contribution in [2.24, 2.45) is 0 Å². The van der Waals surface area contributed by atoms with E-state index in [0.29, 0.717) is 39.6 Å². The van der Waals surface area contributed by atoms with Crippen molar-refractivity contribution in [3.8, 4) is 0 Å². The lowest BCUT2D eigenvalue weighted by molar-refractivity contribution is -0.00324. The predicted molar refractivity (Wildman–Crippen MR) is 99.2 cm³/mol. The van der Waals surface area contributed by atoms with E-state index in [4.69, 9.17) is 18.9 Å². The number of unbranched alkanes of at least 4 members (excludes halogenated alkanes) is 3. The number of ether oxygens (including phenoxy) is 4. The zero-order valence-electron chi connectivity index (χ0n) is 14.4. The van der Waals surface area contributed by atoms with Gasteiger partial charge >= 0.3 is 0 Å². The largest absolute Gasteiger partial charge is 0.379 e. The van der Waals surface area contributed by atoms with Crippen LogP contribution in [0.4, 0.5) is 0 Å². The Balaban J connectivity index is 2.94. The topological polar surface area (TPSA) is 40.2 Å². The smallest absolute Gasteiger partial charge is 0.0701 e. The van der Waals surface area contributed by atoms with Gasteiger partial charge in [-0.05, 0) is 31.4 Å². The molecule has 0 saturated carbocycles. The summed E-state index contributed by atoms with van der Waals surface area (Å²) in [6.07, 6.45) is 5.07. The average molecular weight is 431 g/mol. The summed E-state index contributed by atoms with van der Waals surface area (Å²) in [5.74, 6) is 0. The molecule has 0 aromatic carbocycles. The van der Waals surface area contributed by atoms with Crippen molar-refractivity contribution in [2.75, 3.05) is 77.9 Å². The molecule has 0 spiro atoms. The second kappa shape index (κ2) is 19.6. The Morgan fingerprint density at radius 1 is 0.591 bits per heavy atom. The molecule has 0 aliphatic carbocycles. The van der Waals surface area contributed by atoms with E-state index in [1.165, 1.54) is 23.7 Å². The summed E-state index contributed by atoms with van der Waals surface area (Å²) < 4.78 is 23.1. The molecule has 0 atom stereocenters. The van der Waals surface area contributed by atoms with Gasteiger partial charge in [0.1, 0.15) is 0 Å². The number of hydrogen-bond acceptors (Lipinski definition) is 5. The maximum absolute atomic E-state index is 5.51. The Kier molecular flexibility index (Phi) is 20.0. The lowest BCUT2D eigenvalue weighted by Crippen LogP contribution is -2.19. The summed E-state index contributed by atoms with van der Waals surface area (Å²) in [6.45, 7) is 6.40. The second-order valence-electron chi connectivity index (χ2n) is 5.36. The van der Waals surface area contributed by atoms with E-state index in [-0.39, 0.29) is 0 Å². The van der Waals surface area contributed by atoms with E-state index >= 15 is 0 Å². The third kappa shape index (κ3) is 20.5. The first kappa shape index (κ1) is 22.5. The van der Waals surface area contributed by atoms with Crippen LogP contribution in [0, 0.1) is 0 Å². The van der Waals surface area contributed by atoms with Crippen molar-refractivity contribution >= 4 is 22.6 Å². The average Bonchev–Trinajstić information content (AvgIpc) is 2.50. The fourth-order valence-corrected chi connectivity index (χ4v) is 2.20. The molecule has 0 saturated heterocycles. The monoisotopic (exact) mass is 431 g/mol. The van der Waals surface area contributed by atoms with Crippen LogP contribution >= 0.6 is 22.6 Å².